The molecule has 0 saturated carbocycles. The van der Waals surface area contributed by atoms with Crippen molar-refractivity contribution in [1.82, 2.24) is 0 Å². The van der Waals surface area contributed by atoms with Gasteiger partial charge in [-0.2, -0.15) is 0 Å². The van der Waals surface area contributed by atoms with Gasteiger partial charge in [0.2, 0.25) is 0 Å². The van der Waals surface area contributed by atoms with Gasteiger partial charge in [-0.3, -0.25) is 0 Å². The second kappa shape index (κ2) is 9.01. The third kappa shape index (κ3) is 4.92. The highest BCUT2D eigenvalue weighted by Gasteiger charge is 2.08. The van der Waals surface area contributed by atoms with Crippen molar-refractivity contribution in [2.75, 3.05) is 7.11 Å². The number of methoxy groups -OCH3 is 1. The van der Waals surface area contributed by atoms with Gasteiger partial charge < -0.3 is 4.74 Å². The van der Waals surface area contributed by atoms with E-state index >= 15 is 0 Å². The van der Waals surface area contributed by atoms with Crippen molar-refractivity contribution in [1.29, 1.82) is 0 Å². The molecule has 0 heterocycles. The van der Waals surface area contributed by atoms with E-state index in [0.29, 0.717) is 0 Å². The summed E-state index contributed by atoms with van der Waals surface area (Å²) in [4.78, 5) is 0. The Balaban J connectivity index is 1.78. The number of hydrogen-bond donors (Lipinski definition) is 0. The molecule has 3 aromatic rings. The van der Waals surface area contributed by atoms with Crippen LogP contribution in [0.1, 0.15) is 5.56 Å². The van der Waals surface area contributed by atoms with Gasteiger partial charge in [0.1, 0.15) is 5.75 Å². The first-order valence-corrected chi connectivity index (χ1v) is 9.66. The molecule has 2 heteroatoms. The van der Waals surface area contributed by atoms with Gasteiger partial charge in [0, 0.05) is 0 Å². The van der Waals surface area contributed by atoms with E-state index in [-0.39, 0.29) is 0 Å². The summed E-state index contributed by atoms with van der Waals surface area (Å²) >= 11 is 0. The molecule has 0 spiro atoms. The molecule has 0 amide bonds. The molecule has 3 rings (SSSR count). The summed E-state index contributed by atoms with van der Waals surface area (Å²) in [6.45, 7) is 0. The minimum Gasteiger partial charge on any atom is -0.497 e. The van der Waals surface area contributed by atoms with Crippen LogP contribution in [-0.2, 0) is 0 Å². The van der Waals surface area contributed by atoms with Crippen LogP contribution in [0, 0.1) is 0 Å². The largest absolute Gasteiger partial charge is 0.497 e. The van der Waals surface area contributed by atoms with Crippen LogP contribution in [0.3, 0.4) is 0 Å². The van der Waals surface area contributed by atoms with Crippen LogP contribution in [0.5, 0.6) is 5.75 Å². The Morgan fingerprint density at radius 2 is 1.24 bits per heavy atom. The first-order chi connectivity index (χ1) is 12.4. The summed E-state index contributed by atoms with van der Waals surface area (Å²) in [6.07, 6.45) is 6.36. The van der Waals surface area contributed by atoms with Gasteiger partial charge in [0.15, 0.2) is 0 Å². The van der Waals surface area contributed by atoms with Gasteiger partial charge in [-0.05, 0) is 36.2 Å². The highest BCUT2D eigenvalue weighted by atomic mass is 31.1. The van der Waals surface area contributed by atoms with E-state index in [1.165, 1.54) is 10.6 Å². The normalized spacial score (nSPS) is 11.4. The Morgan fingerprint density at radius 3 is 1.76 bits per heavy atom. The number of benzene rings is 3. The van der Waals surface area contributed by atoms with Crippen LogP contribution in [0.2, 0.25) is 0 Å². The zero-order chi connectivity index (χ0) is 17.3. The number of hydrogen-bond acceptors (Lipinski definition) is 1. The molecule has 0 unspecified atom stereocenters. The lowest BCUT2D eigenvalue weighted by atomic mass is 10.2. The molecule has 0 saturated heterocycles. The van der Waals surface area contributed by atoms with Crippen molar-refractivity contribution in [2.24, 2.45) is 0 Å². The van der Waals surface area contributed by atoms with Crippen molar-refractivity contribution in [3.8, 4) is 5.75 Å². The van der Waals surface area contributed by atoms with E-state index in [4.69, 9.17) is 4.74 Å². The van der Waals surface area contributed by atoms with Gasteiger partial charge in [-0.15, -0.1) is 0 Å². The smallest absolute Gasteiger partial charge is 0.118 e. The zero-order valence-corrected chi connectivity index (χ0v) is 15.1. The summed E-state index contributed by atoms with van der Waals surface area (Å²) in [7, 11) is 1.19. The maximum atomic E-state index is 5.19. The van der Waals surface area contributed by atoms with Crippen LogP contribution < -0.4 is 15.3 Å². The molecule has 3 aromatic carbocycles. The Hall–Kier alpha value is -2.63. The third-order valence-electron chi connectivity index (χ3n) is 3.82. The van der Waals surface area contributed by atoms with E-state index in [1.54, 1.807) is 7.11 Å². The standard InChI is InChI=1S/C23H21OP/c1-24-21-17-15-20(16-18-21)10-8-9-19-25(22-11-4-2-5-12-22)23-13-6-3-7-14-23/h2-19H,1H3/b10-8+,19-9+. The topological polar surface area (TPSA) is 9.23 Å². The van der Waals surface area contributed by atoms with Crippen LogP contribution in [0.4, 0.5) is 0 Å². The molecule has 0 radical (unpaired) electrons. The predicted octanol–water partition coefficient (Wildman–Crippen LogP) is 5.36. The Morgan fingerprint density at radius 1 is 0.680 bits per heavy atom. The Labute approximate surface area is 151 Å². The minimum atomic E-state index is -0.491. The summed E-state index contributed by atoms with van der Waals surface area (Å²) in [5.41, 5.74) is 1.16. The third-order valence-corrected chi connectivity index (χ3v) is 6.00. The predicted molar refractivity (Wildman–Crippen MR) is 110 cm³/mol. The first kappa shape index (κ1) is 17.2. The monoisotopic (exact) mass is 344 g/mol. The fraction of sp³-hybridized carbons (Fsp3) is 0.0435. The first-order valence-electron chi connectivity index (χ1n) is 8.25. The SMILES string of the molecule is COc1ccc(/C=C/C=C/P(c2ccccc2)c2ccccc2)cc1. The number of ether oxygens (including phenoxy) is 1. The summed E-state index contributed by atoms with van der Waals surface area (Å²) in [5, 5.41) is 2.72. The zero-order valence-electron chi connectivity index (χ0n) is 14.2. The van der Waals surface area contributed by atoms with Gasteiger partial charge in [-0.25, -0.2) is 0 Å². The second-order valence-corrected chi connectivity index (χ2v) is 7.59. The minimum absolute atomic E-state index is 0.491. The lowest BCUT2D eigenvalue weighted by molar-refractivity contribution is 0.415. The maximum absolute atomic E-state index is 5.19. The number of allylic oxidation sites excluding steroid dienone is 2. The van der Waals surface area contributed by atoms with E-state index in [2.05, 4.69) is 96.8 Å². The highest BCUT2D eigenvalue weighted by molar-refractivity contribution is 7.75. The van der Waals surface area contributed by atoms with E-state index in [9.17, 15) is 0 Å². The Kier molecular flexibility index (Phi) is 6.20. The van der Waals surface area contributed by atoms with E-state index in [1.807, 2.05) is 12.1 Å². The molecule has 0 aliphatic rings. The lowest BCUT2D eigenvalue weighted by Crippen LogP contribution is -2.09. The molecular formula is C23H21OP. The van der Waals surface area contributed by atoms with Crippen LogP contribution in [0.25, 0.3) is 6.08 Å². The van der Waals surface area contributed by atoms with Crippen molar-refractivity contribution in [2.45, 2.75) is 0 Å². The molecule has 0 fully saturated rings. The maximum Gasteiger partial charge on any atom is 0.118 e. The van der Waals surface area contributed by atoms with Crippen LogP contribution in [-0.4, -0.2) is 7.11 Å². The summed E-state index contributed by atoms with van der Waals surface area (Å²) in [5.74, 6) is 3.18. The van der Waals surface area contributed by atoms with E-state index < -0.39 is 7.92 Å². The second-order valence-electron chi connectivity index (χ2n) is 5.51. The van der Waals surface area contributed by atoms with Gasteiger partial charge in [0.05, 0.1) is 7.11 Å². The molecular weight excluding hydrogens is 323 g/mol. The van der Waals surface area contributed by atoms with Crippen molar-refractivity contribution < 1.29 is 4.74 Å². The summed E-state index contributed by atoms with van der Waals surface area (Å²) in [6, 6.07) is 29.4. The average molecular weight is 344 g/mol. The lowest BCUT2D eigenvalue weighted by Gasteiger charge is -2.14. The van der Waals surface area contributed by atoms with E-state index in [0.717, 1.165) is 11.3 Å². The van der Waals surface area contributed by atoms with Crippen LogP contribution >= 0.6 is 7.92 Å². The molecule has 0 aliphatic carbocycles. The van der Waals surface area contributed by atoms with Gasteiger partial charge >= 0.3 is 0 Å². The van der Waals surface area contributed by atoms with Crippen LogP contribution in [0.15, 0.2) is 103 Å². The molecule has 25 heavy (non-hydrogen) atoms. The Bertz CT molecular complexity index is 781. The number of rotatable bonds is 6. The van der Waals surface area contributed by atoms with Crippen molar-refractivity contribution in [3.63, 3.8) is 0 Å². The quantitative estimate of drug-likeness (QED) is 0.432. The van der Waals surface area contributed by atoms with Crippen molar-refractivity contribution >= 4 is 24.6 Å². The molecule has 0 aromatic heterocycles. The summed E-state index contributed by atoms with van der Waals surface area (Å²) < 4.78 is 5.19. The molecule has 124 valence electrons. The molecule has 0 atom stereocenters. The fourth-order valence-corrected chi connectivity index (χ4v) is 4.42. The van der Waals surface area contributed by atoms with Gasteiger partial charge in [0.25, 0.3) is 0 Å². The van der Waals surface area contributed by atoms with Crippen molar-refractivity contribution in [3.05, 3.63) is 108 Å². The fourth-order valence-electron chi connectivity index (χ4n) is 2.52. The molecule has 1 nitrogen and oxygen atoms in total. The molecule has 0 aliphatic heterocycles. The molecule has 0 N–H and O–H groups in total. The molecule has 0 bridgehead atoms. The van der Waals surface area contributed by atoms with Gasteiger partial charge in [-0.1, -0.05) is 96.8 Å². The highest BCUT2D eigenvalue weighted by Crippen LogP contribution is 2.34. The average Bonchev–Trinajstić information content (AvgIpc) is 2.70.